The third kappa shape index (κ3) is 3.73. The molecule has 136 valence electrons. The van der Waals surface area contributed by atoms with Gasteiger partial charge in [-0.15, -0.1) is 11.3 Å². The Morgan fingerprint density at radius 2 is 1.96 bits per heavy atom. The molecule has 0 fully saturated rings. The van der Waals surface area contributed by atoms with Crippen LogP contribution < -0.4 is 4.90 Å². The van der Waals surface area contributed by atoms with Crippen LogP contribution in [0, 0.1) is 5.92 Å². The molecular formula is C21H23NO3S. The highest BCUT2D eigenvalue weighted by molar-refractivity contribution is 7.11. The van der Waals surface area contributed by atoms with Gasteiger partial charge < -0.3 is 9.64 Å². The van der Waals surface area contributed by atoms with Gasteiger partial charge in [-0.05, 0) is 54.1 Å². The summed E-state index contributed by atoms with van der Waals surface area (Å²) in [6.07, 6.45) is 2.27. The first-order chi connectivity index (χ1) is 12.5. The van der Waals surface area contributed by atoms with Gasteiger partial charge in [-0.2, -0.15) is 0 Å². The molecule has 1 aromatic carbocycles. The van der Waals surface area contributed by atoms with Crippen LogP contribution in [0.5, 0.6) is 0 Å². The summed E-state index contributed by atoms with van der Waals surface area (Å²) in [5.74, 6) is -1.58. The lowest BCUT2D eigenvalue weighted by Crippen LogP contribution is -2.33. The molecule has 5 heteroatoms. The van der Waals surface area contributed by atoms with Gasteiger partial charge in [0.25, 0.3) is 0 Å². The quantitative estimate of drug-likeness (QED) is 0.587. The van der Waals surface area contributed by atoms with E-state index in [1.807, 2.05) is 60.8 Å². The summed E-state index contributed by atoms with van der Waals surface area (Å²) in [4.78, 5) is 28.4. The Morgan fingerprint density at radius 3 is 2.54 bits per heavy atom. The maximum absolute atomic E-state index is 12.8. The summed E-state index contributed by atoms with van der Waals surface area (Å²) in [5.41, 5.74) is 3.06. The molecule has 1 aliphatic carbocycles. The number of carbonyl (C=O) groups excluding carboxylic acids is 2. The van der Waals surface area contributed by atoms with Crippen LogP contribution in [0.4, 0.5) is 5.69 Å². The van der Waals surface area contributed by atoms with E-state index in [0.717, 1.165) is 21.7 Å². The average Bonchev–Trinajstić information content (AvgIpc) is 3.16. The predicted octanol–water partition coefficient (Wildman–Crippen LogP) is 4.13. The Morgan fingerprint density at radius 1 is 1.23 bits per heavy atom. The Balaban J connectivity index is 1.98. The fourth-order valence-corrected chi connectivity index (χ4v) is 4.10. The molecule has 0 radical (unpaired) electrons. The van der Waals surface area contributed by atoms with Crippen molar-refractivity contribution < 1.29 is 14.3 Å². The molecule has 3 rings (SSSR count). The van der Waals surface area contributed by atoms with Gasteiger partial charge in [-0.1, -0.05) is 18.2 Å². The van der Waals surface area contributed by atoms with Crippen molar-refractivity contribution in [1.82, 2.24) is 0 Å². The van der Waals surface area contributed by atoms with Crippen LogP contribution >= 0.6 is 11.3 Å². The van der Waals surface area contributed by atoms with Crippen LogP contribution in [0.15, 0.2) is 47.9 Å². The van der Waals surface area contributed by atoms with E-state index in [2.05, 4.69) is 0 Å². The van der Waals surface area contributed by atoms with Gasteiger partial charge in [0.15, 0.2) is 5.78 Å². The number of allylic oxidation sites excluding steroid dienone is 2. The Hall–Kier alpha value is -2.40. The number of rotatable bonds is 5. The minimum absolute atomic E-state index is 0.167. The molecule has 26 heavy (non-hydrogen) atoms. The number of ether oxygens (including phenoxy) is 1. The van der Waals surface area contributed by atoms with Crippen molar-refractivity contribution in [2.45, 2.75) is 19.3 Å². The van der Waals surface area contributed by atoms with Gasteiger partial charge in [0, 0.05) is 30.6 Å². The van der Waals surface area contributed by atoms with Crippen LogP contribution in [0.3, 0.4) is 0 Å². The van der Waals surface area contributed by atoms with Crippen LogP contribution in [0.2, 0.25) is 0 Å². The van der Waals surface area contributed by atoms with Crippen LogP contribution in [0.1, 0.15) is 29.7 Å². The molecule has 2 atom stereocenters. The molecule has 0 amide bonds. The summed E-state index contributed by atoms with van der Waals surface area (Å²) >= 11 is 1.61. The minimum atomic E-state index is -0.774. The number of nitrogens with zero attached hydrogens (tertiary/aromatic N) is 1. The molecule has 0 spiro atoms. The molecule has 1 aromatic heterocycles. The Bertz CT molecular complexity index is 806. The van der Waals surface area contributed by atoms with Crippen molar-refractivity contribution in [1.29, 1.82) is 0 Å². The van der Waals surface area contributed by atoms with Crippen molar-refractivity contribution in [3.63, 3.8) is 0 Å². The molecule has 0 N–H and O–H groups in total. The zero-order valence-corrected chi connectivity index (χ0v) is 16.1. The van der Waals surface area contributed by atoms with E-state index >= 15 is 0 Å². The fraction of sp³-hybridized carbons (Fsp3) is 0.333. The second-order valence-electron chi connectivity index (χ2n) is 6.58. The fourth-order valence-electron chi connectivity index (χ4n) is 3.35. The first-order valence-corrected chi connectivity index (χ1v) is 9.61. The van der Waals surface area contributed by atoms with Crippen LogP contribution in [-0.4, -0.2) is 32.5 Å². The lowest BCUT2D eigenvalue weighted by atomic mass is 9.74. The van der Waals surface area contributed by atoms with Gasteiger partial charge in [0.05, 0.1) is 6.61 Å². The highest BCUT2D eigenvalue weighted by Gasteiger charge is 2.39. The lowest BCUT2D eigenvalue weighted by Gasteiger charge is -2.29. The SMILES string of the molecule is CCOC(=O)C1C(=O)C=C(c2cccs2)CC1c1ccc(N(C)C)cc1. The van der Waals surface area contributed by atoms with Crippen molar-refractivity contribution >= 4 is 34.3 Å². The second kappa shape index (κ2) is 7.87. The number of hydrogen-bond donors (Lipinski definition) is 0. The number of benzene rings is 1. The Kier molecular flexibility index (Phi) is 5.57. The van der Waals surface area contributed by atoms with Gasteiger partial charge in [0.2, 0.25) is 0 Å². The molecule has 2 unspecified atom stereocenters. The Labute approximate surface area is 158 Å². The highest BCUT2D eigenvalue weighted by Crippen LogP contribution is 2.41. The van der Waals surface area contributed by atoms with Crippen molar-refractivity contribution in [2.24, 2.45) is 5.92 Å². The van der Waals surface area contributed by atoms with E-state index in [-0.39, 0.29) is 18.3 Å². The van der Waals surface area contributed by atoms with Gasteiger partial charge >= 0.3 is 5.97 Å². The molecule has 1 aliphatic rings. The first-order valence-electron chi connectivity index (χ1n) is 8.73. The summed E-state index contributed by atoms with van der Waals surface area (Å²) in [6, 6.07) is 12.0. The molecule has 4 nitrogen and oxygen atoms in total. The maximum atomic E-state index is 12.8. The number of anilines is 1. The summed E-state index contributed by atoms with van der Waals surface area (Å²) in [5, 5.41) is 2.00. The summed E-state index contributed by atoms with van der Waals surface area (Å²) < 4.78 is 5.20. The molecular weight excluding hydrogens is 346 g/mol. The monoisotopic (exact) mass is 369 g/mol. The zero-order valence-electron chi connectivity index (χ0n) is 15.3. The number of carbonyl (C=O) groups is 2. The second-order valence-corrected chi connectivity index (χ2v) is 7.52. The molecule has 1 heterocycles. The average molecular weight is 369 g/mol. The molecule has 0 bridgehead atoms. The van der Waals surface area contributed by atoms with Gasteiger partial charge in [-0.25, -0.2) is 0 Å². The van der Waals surface area contributed by atoms with Crippen LogP contribution in [0.25, 0.3) is 5.57 Å². The standard InChI is InChI=1S/C21H23NO3S/c1-4-25-21(24)20-17(14-7-9-16(10-8-14)22(2)3)12-15(13-18(20)23)19-6-5-11-26-19/h5-11,13,17,20H,4,12H2,1-3H3. The largest absolute Gasteiger partial charge is 0.465 e. The third-order valence-corrected chi connectivity index (χ3v) is 5.63. The van der Waals surface area contributed by atoms with Crippen LogP contribution in [-0.2, 0) is 14.3 Å². The lowest BCUT2D eigenvalue weighted by molar-refractivity contribution is -0.151. The molecule has 0 saturated heterocycles. The molecule has 2 aromatic rings. The van der Waals surface area contributed by atoms with Gasteiger partial charge in [0.1, 0.15) is 5.92 Å². The van der Waals surface area contributed by atoms with Gasteiger partial charge in [-0.3, -0.25) is 9.59 Å². The topological polar surface area (TPSA) is 46.6 Å². The minimum Gasteiger partial charge on any atom is -0.465 e. The van der Waals surface area contributed by atoms with E-state index in [0.29, 0.717) is 6.42 Å². The number of hydrogen-bond acceptors (Lipinski definition) is 5. The van der Waals surface area contributed by atoms with Crippen molar-refractivity contribution in [2.75, 3.05) is 25.6 Å². The van der Waals surface area contributed by atoms with Crippen molar-refractivity contribution in [3.8, 4) is 0 Å². The van der Waals surface area contributed by atoms with E-state index in [1.165, 1.54) is 0 Å². The van der Waals surface area contributed by atoms with E-state index in [1.54, 1.807) is 24.3 Å². The number of ketones is 1. The third-order valence-electron chi connectivity index (χ3n) is 4.68. The summed E-state index contributed by atoms with van der Waals surface area (Å²) in [6.45, 7) is 2.04. The molecule has 0 saturated carbocycles. The van der Waals surface area contributed by atoms with Crippen molar-refractivity contribution in [3.05, 3.63) is 58.3 Å². The zero-order chi connectivity index (χ0) is 18.7. The van der Waals surface area contributed by atoms with E-state index < -0.39 is 11.9 Å². The predicted molar refractivity (Wildman–Crippen MR) is 106 cm³/mol. The van der Waals surface area contributed by atoms with E-state index in [9.17, 15) is 9.59 Å². The smallest absolute Gasteiger partial charge is 0.317 e. The maximum Gasteiger partial charge on any atom is 0.317 e. The highest BCUT2D eigenvalue weighted by atomic mass is 32.1. The summed E-state index contributed by atoms with van der Waals surface area (Å²) in [7, 11) is 3.97. The number of esters is 1. The molecule has 0 aliphatic heterocycles. The number of thiophene rings is 1. The first kappa shape index (κ1) is 18.4. The normalized spacial score (nSPS) is 19.8. The van der Waals surface area contributed by atoms with E-state index in [4.69, 9.17) is 4.74 Å².